The monoisotopic (exact) mass is 557 g/mol. The van der Waals surface area contributed by atoms with Gasteiger partial charge in [-0.25, -0.2) is 0 Å². The minimum Gasteiger partial charge on any atom is -0.496 e. The van der Waals surface area contributed by atoms with Gasteiger partial charge in [-0.15, -0.1) is 0 Å². The molecule has 204 valence electrons. The SMILES string of the molecule is COc1ccccc1CN1C(=O)[C@H](CC(=O)NC(C)(C)c2cccc(C(F)(F)F)c2)N=C1c1ccc(Cl)cc1. The zero-order valence-corrected chi connectivity index (χ0v) is 22.3. The van der Waals surface area contributed by atoms with E-state index >= 15 is 0 Å². The number of aliphatic imine (C=N–C) groups is 1. The molecule has 0 bridgehead atoms. The summed E-state index contributed by atoms with van der Waals surface area (Å²) in [5.41, 5.74) is -0.246. The average Bonchev–Trinajstić information content (AvgIpc) is 3.18. The Balaban J connectivity index is 1.57. The Morgan fingerprint density at radius 2 is 1.69 bits per heavy atom. The molecule has 2 amide bonds. The number of para-hydroxylation sites is 1. The fourth-order valence-electron chi connectivity index (χ4n) is 4.41. The Morgan fingerprint density at radius 1 is 1.03 bits per heavy atom. The third-order valence-electron chi connectivity index (χ3n) is 6.45. The number of hydrogen-bond acceptors (Lipinski definition) is 4. The molecular weight excluding hydrogens is 531 g/mol. The van der Waals surface area contributed by atoms with E-state index in [2.05, 4.69) is 10.3 Å². The highest BCUT2D eigenvalue weighted by Crippen LogP contribution is 2.32. The van der Waals surface area contributed by atoms with Crippen LogP contribution in [-0.2, 0) is 27.8 Å². The summed E-state index contributed by atoms with van der Waals surface area (Å²) in [4.78, 5) is 32.7. The van der Waals surface area contributed by atoms with Crippen LogP contribution < -0.4 is 10.1 Å². The topological polar surface area (TPSA) is 71.0 Å². The molecule has 1 heterocycles. The standard InChI is InChI=1S/C29H27ClF3N3O3/c1-28(2,20-8-6-9-21(15-20)29(31,32)33)35-25(37)16-23-27(38)36(17-19-7-4-5-10-24(19)39-3)26(34-23)18-11-13-22(30)14-12-18/h4-15,23H,16-17H2,1-3H3,(H,35,37)/t23-/m0/s1. The van der Waals surface area contributed by atoms with Gasteiger partial charge in [0.25, 0.3) is 5.91 Å². The molecule has 0 radical (unpaired) electrons. The molecule has 1 aliphatic rings. The molecule has 0 aliphatic carbocycles. The number of hydrogen-bond donors (Lipinski definition) is 1. The number of rotatable bonds is 8. The van der Waals surface area contributed by atoms with Gasteiger partial charge in [0, 0.05) is 16.1 Å². The smallest absolute Gasteiger partial charge is 0.416 e. The third-order valence-corrected chi connectivity index (χ3v) is 6.70. The maximum atomic E-state index is 13.5. The molecule has 39 heavy (non-hydrogen) atoms. The van der Waals surface area contributed by atoms with Gasteiger partial charge in [-0.2, -0.15) is 13.2 Å². The van der Waals surface area contributed by atoms with Crippen molar-refractivity contribution in [3.05, 3.63) is 100 Å². The summed E-state index contributed by atoms with van der Waals surface area (Å²) >= 11 is 6.04. The Labute approximate surface area is 229 Å². The molecule has 1 aliphatic heterocycles. The van der Waals surface area contributed by atoms with Gasteiger partial charge < -0.3 is 10.1 Å². The first-order valence-corrected chi connectivity index (χ1v) is 12.5. The zero-order chi connectivity index (χ0) is 28.4. The summed E-state index contributed by atoms with van der Waals surface area (Å²) in [7, 11) is 1.54. The Hall–Kier alpha value is -3.85. The maximum absolute atomic E-state index is 13.5. The normalized spacial score (nSPS) is 15.8. The third kappa shape index (κ3) is 6.42. The molecule has 0 unspecified atom stereocenters. The zero-order valence-electron chi connectivity index (χ0n) is 21.6. The first-order valence-electron chi connectivity index (χ1n) is 12.1. The number of alkyl halides is 3. The van der Waals surface area contributed by atoms with E-state index in [0.29, 0.717) is 22.2 Å². The molecular formula is C29H27ClF3N3O3. The highest BCUT2D eigenvalue weighted by Gasteiger charge is 2.38. The van der Waals surface area contributed by atoms with Gasteiger partial charge in [-0.05, 0) is 61.9 Å². The molecule has 10 heteroatoms. The van der Waals surface area contributed by atoms with Gasteiger partial charge in [0.2, 0.25) is 5.91 Å². The van der Waals surface area contributed by atoms with Crippen molar-refractivity contribution in [1.82, 2.24) is 10.2 Å². The largest absolute Gasteiger partial charge is 0.496 e. The quantitative estimate of drug-likeness (QED) is 0.371. The lowest BCUT2D eigenvalue weighted by atomic mass is 9.92. The summed E-state index contributed by atoms with van der Waals surface area (Å²) in [6.07, 6.45) is -4.79. The van der Waals surface area contributed by atoms with E-state index in [-0.39, 0.29) is 24.4 Å². The first-order chi connectivity index (χ1) is 18.4. The summed E-state index contributed by atoms with van der Waals surface area (Å²) in [6.45, 7) is 3.37. The lowest BCUT2D eigenvalue weighted by Crippen LogP contribution is -2.43. The van der Waals surface area contributed by atoms with Gasteiger partial charge in [0.1, 0.15) is 17.6 Å². The molecule has 1 N–H and O–H groups in total. The van der Waals surface area contributed by atoms with Crippen LogP contribution in [0.25, 0.3) is 0 Å². The molecule has 1 atom stereocenters. The Morgan fingerprint density at radius 3 is 2.36 bits per heavy atom. The van der Waals surface area contributed by atoms with Crippen LogP contribution in [0.4, 0.5) is 13.2 Å². The number of amidine groups is 1. The van der Waals surface area contributed by atoms with Crippen LogP contribution in [0.15, 0.2) is 77.8 Å². The molecule has 4 rings (SSSR count). The van der Waals surface area contributed by atoms with Crippen molar-refractivity contribution >= 4 is 29.3 Å². The molecule has 6 nitrogen and oxygen atoms in total. The fraction of sp³-hybridized carbons (Fsp3) is 0.276. The second kappa shape index (κ2) is 11.1. The number of carbonyl (C=O) groups is 2. The van der Waals surface area contributed by atoms with Crippen LogP contribution in [0.3, 0.4) is 0 Å². The number of methoxy groups -OCH3 is 1. The van der Waals surface area contributed by atoms with Crippen molar-refractivity contribution in [3.63, 3.8) is 0 Å². The number of benzene rings is 3. The van der Waals surface area contributed by atoms with Gasteiger partial charge >= 0.3 is 6.18 Å². The van der Waals surface area contributed by atoms with Crippen molar-refractivity contribution in [2.75, 3.05) is 7.11 Å². The molecule has 3 aromatic rings. The van der Waals surface area contributed by atoms with E-state index in [4.69, 9.17) is 16.3 Å². The van der Waals surface area contributed by atoms with Gasteiger partial charge in [0.15, 0.2) is 0 Å². The van der Waals surface area contributed by atoms with Crippen molar-refractivity contribution in [1.29, 1.82) is 0 Å². The van der Waals surface area contributed by atoms with Crippen LogP contribution in [0.5, 0.6) is 5.75 Å². The predicted molar refractivity (Wildman–Crippen MR) is 143 cm³/mol. The van der Waals surface area contributed by atoms with Crippen LogP contribution in [0, 0.1) is 0 Å². The molecule has 3 aromatic carbocycles. The minimum atomic E-state index is -4.51. The van der Waals surface area contributed by atoms with Crippen molar-refractivity contribution in [3.8, 4) is 5.75 Å². The maximum Gasteiger partial charge on any atom is 0.416 e. The van der Waals surface area contributed by atoms with Crippen LogP contribution in [0.1, 0.15) is 42.5 Å². The lowest BCUT2D eigenvalue weighted by molar-refractivity contribution is -0.137. The fourth-order valence-corrected chi connectivity index (χ4v) is 4.53. The van der Waals surface area contributed by atoms with Gasteiger partial charge in [0.05, 0.1) is 31.2 Å². The van der Waals surface area contributed by atoms with E-state index < -0.39 is 29.2 Å². The number of carbonyl (C=O) groups excluding carboxylic acids is 2. The summed E-state index contributed by atoms with van der Waals surface area (Å²) in [5.74, 6) is 0.0919. The van der Waals surface area contributed by atoms with Gasteiger partial charge in [-0.3, -0.25) is 19.5 Å². The van der Waals surface area contributed by atoms with Crippen molar-refractivity contribution in [2.24, 2.45) is 4.99 Å². The number of nitrogens with zero attached hydrogens (tertiary/aromatic N) is 2. The molecule has 0 saturated heterocycles. The van der Waals surface area contributed by atoms with E-state index in [1.54, 1.807) is 44.2 Å². The summed E-state index contributed by atoms with van der Waals surface area (Å²) in [5, 5.41) is 3.28. The van der Waals surface area contributed by atoms with Crippen molar-refractivity contribution < 1.29 is 27.5 Å². The van der Waals surface area contributed by atoms with Crippen LogP contribution in [-0.4, -0.2) is 35.7 Å². The van der Waals surface area contributed by atoms with E-state index in [1.165, 1.54) is 24.1 Å². The van der Waals surface area contributed by atoms with Gasteiger partial charge in [-0.1, -0.05) is 41.9 Å². The first kappa shape index (κ1) is 28.2. The van der Waals surface area contributed by atoms with E-state index in [9.17, 15) is 22.8 Å². The second-order valence-corrected chi connectivity index (χ2v) is 10.1. The number of ether oxygens (including phenoxy) is 1. The highest BCUT2D eigenvalue weighted by molar-refractivity contribution is 6.30. The highest BCUT2D eigenvalue weighted by atomic mass is 35.5. The number of nitrogens with one attached hydrogen (secondary N) is 1. The predicted octanol–water partition coefficient (Wildman–Crippen LogP) is 5.97. The average molecular weight is 558 g/mol. The molecule has 0 saturated carbocycles. The van der Waals surface area contributed by atoms with Crippen molar-refractivity contribution in [2.45, 2.75) is 44.6 Å². The number of amides is 2. The second-order valence-electron chi connectivity index (χ2n) is 9.67. The molecule has 0 spiro atoms. The van der Waals surface area contributed by atoms with E-state index in [0.717, 1.165) is 17.7 Å². The number of halogens is 4. The van der Waals surface area contributed by atoms with Crippen LogP contribution >= 0.6 is 11.6 Å². The summed E-state index contributed by atoms with van der Waals surface area (Å²) < 4.78 is 45.1. The van der Waals surface area contributed by atoms with Crippen LogP contribution in [0.2, 0.25) is 5.02 Å². The lowest BCUT2D eigenvalue weighted by Gasteiger charge is -2.28. The Kier molecular flexibility index (Phi) is 8.02. The molecule has 0 fully saturated rings. The Bertz CT molecular complexity index is 1400. The summed E-state index contributed by atoms with van der Waals surface area (Å²) in [6, 6.07) is 17.9. The molecule has 0 aromatic heterocycles. The minimum absolute atomic E-state index is 0.165. The van der Waals surface area contributed by atoms with E-state index in [1.807, 2.05) is 18.2 Å².